The molecule has 16 heavy (non-hydrogen) atoms. The Kier molecular flexibility index (Phi) is 3.58. The highest BCUT2D eigenvalue weighted by atomic mass is 16.6. The van der Waals surface area contributed by atoms with Crippen LogP contribution in [0.15, 0.2) is 30.3 Å². The second kappa shape index (κ2) is 5.13. The standard InChI is InChI=1S/C13H14O3/c1-2-12(10-6-4-3-5-7-10)16-13-9-15-8-11(13)14/h1,3-7,11-14H,8-9H2/t11-,12-,13+/m1/s1. The van der Waals surface area contributed by atoms with Gasteiger partial charge in [-0.15, -0.1) is 6.42 Å². The van der Waals surface area contributed by atoms with Gasteiger partial charge in [0, 0.05) is 0 Å². The quantitative estimate of drug-likeness (QED) is 0.773. The summed E-state index contributed by atoms with van der Waals surface area (Å²) in [6.07, 6.45) is 4.09. The summed E-state index contributed by atoms with van der Waals surface area (Å²) in [5.74, 6) is 2.58. The molecule has 2 rings (SSSR count). The van der Waals surface area contributed by atoms with Gasteiger partial charge in [0.25, 0.3) is 0 Å². The van der Waals surface area contributed by atoms with Crippen LogP contribution in [0.25, 0.3) is 0 Å². The van der Waals surface area contributed by atoms with E-state index in [0.29, 0.717) is 13.2 Å². The van der Waals surface area contributed by atoms with Crippen LogP contribution in [0.1, 0.15) is 11.7 Å². The van der Waals surface area contributed by atoms with Crippen molar-refractivity contribution in [2.24, 2.45) is 0 Å². The third-order valence-corrected chi connectivity index (χ3v) is 2.56. The molecule has 1 fully saturated rings. The first-order valence-corrected chi connectivity index (χ1v) is 5.23. The molecular formula is C13H14O3. The lowest BCUT2D eigenvalue weighted by atomic mass is 10.1. The van der Waals surface area contributed by atoms with E-state index in [1.807, 2.05) is 30.3 Å². The van der Waals surface area contributed by atoms with Crippen molar-refractivity contribution in [3.8, 4) is 12.3 Å². The Balaban J connectivity index is 2.04. The van der Waals surface area contributed by atoms with Crippen molar-refractivity contribution in [3.63, 3.8) is 0 Å². The Bertz CT molecular complexity index is 369. The van der Waals surface area contributed by atoms with Crippen molar-refractivity contribution >= 4 is 0 Å². The summed E-state index contributed by atoms with van der Waals surface area (Å²) in [5.41, 5.74) is 0.920. The second-order valence-corrected chi connectivity index (χ2v) is 3.74. The molecule has 3 atom stereocenters. The van der Waals surface area contributed by atoms with Crippen molar-refractivity contribution in [2.75, 3.05) is 13.2 Å². The zero-order chi connectivity index (χ0) is 11.4. The van der Waals surface area contributed by atoms with Crippen molar-refractivity contribution in [3.05, 3.63) is 35.9 Å². The van der Waals surface area contributed by atoms with E-state index < -0.39 is 12.2 Å². The number of hydrogen-bond acceptors (Lipinski definition) is 3. The lowest BCUT2D eigenvalue weighted by Gasteiger charge is -2.19. The maximum Gasteiger partial charge on any atom is 0.143 e. The van der Waals surface area contributed by atoms with Crippen LogP contribution in [-0.2, 0) is 9.47 Å². The summed E-state index contributed by atoms with van der Waals surface area (Å²) < 4.78 is 10.8. The van der Waals surface area contributed by atoms with E-state index in [1.54, 1.807) is 0 Å². The maximum absolute atomic E-state index is 9.56. The van der Waals surface area contributed by atoms with Crippen LogP contribution in [0.2, 0.25) is 0 Å². The van der Waals surface area contributed by atoms with Crippen molar-refractivity contribution in [1.29, 1.82) is 0 Å². The molecule has 0 saturated carbocycles. The molecule has 1 saturated heterocycles. The van der Waals surface area contributed by atoms with E-state index in [2.05, 4.69) is 5.92 Å². The fraction of sp³-hybridized carbons (Fsp3) is 0.385. The minimum absolute atomic E-state index is 0.316. The van der Waals surface area contributed by atoms with E-state index in [9.17, 15) is 5.11 Å². The van der Waals surface area contributed by atoms with E-state index in [4.69, 9.17) is 15.9 Å². The minimum atomic E-state index is -0.584. The third kappa shape index (κ3) is 2.42. The third-order valence-electron chi connectivity index (χ3n) is 2.56. The average Bonchev–Trinajstić information content (AvgIpc) is 2.73. The van der Waals surface area contributed by atoms with Gasteiger partial charge >= 0.3 is 0 Å². The van der Waals surface area contributed by atoms with Gasteiger partial charge in [-0.25, -0.2) is 0 Å². The molecule has 1 N–H and O–H groups in total. The van der Waals surface area contributed by atoms with E-state index in [1.165, 1.54) is 0 Å². The Morgan fingerprint density at radius 2 is 2.12 bits per heavy atom. The number of aliphatic hydroxyl groups is 1. The SMILES string of the molecule is C#C[C@@H](O[C@H]1COC[C@H]1O)c1ccccc1. The first-order valence-electron chi connectivity index (χ1n) is 5.23. The summed E-state index contributed by atoms with van der Waals surface area (Å²) in [6.45, 7) is 0.711. The maximum atomic E-state index is 9.56. The molecule has 0 bridgehead atoms. The van der Waals surface area contributed by atoms with Crippen LogP contribution in [0, 0.1) is 12.3 Å². The molecule has 0 radical (unpaired) electrons. The predicted octanol–water partition coefficient (Wildman–Crippen LogP) is 1.14. The Hall–Kier alpha value is -1.34. The fourth-order valence-corrected chi connectivity index (χ4v) is 1.67. The molecule has 84 valence electrons. The molecule has 1 aromatic carbocycles. The van der Waals surface area contributed by atoms with Gasteiger partial charge in [0.05, 0.1) is 13.2 Å². The molecule has 1 aliphatic rings. The van der Waals surface area contributed by atoms with Crippen LogP contribution in [0.4, 0.5) is 0 Å². The molecule has 3 nitrogen and oxygen atoms in total. The molecule has 3 heteroatoms. The van der Waals surface area contributed by atoms with Gasteiger partial charge in [-0.3, -0.25) is 0 Å². The van der Waals surface area contributed by atoms with Gasteiger partial charge in [0.15, 0.2) is 0 Å². The summed E-state index contributed by atoms with van der Waals surface area (Å²) in [5, 5.41) is 9.56. The highest BCUT2D eigenvalue weighted by Crippen LogP contribution is 2.21. The number of benzene rings is 1. The molecular weight excluding hydrogens is 204 g/mol. The highest BCUT2D eigenvalue weighted by molar-refractivity contribution is 5.23. The first-order chi connectivity index (χ1) is 7.81. The zero-order valence-electron chi connectivity index (χ0n) is 8.87. The molecule has 1 heterocycles. The normalized spacial score (nSPS) is 26.2. The Morgan fingerprint density at radius 1 is 1.38 bits per heavy atom. The smallest absolute Gasteiger partial charge is 0.143 e. The van der Waals surface area contributed by atoms with Gasteiger partial charge in [-0.2, -0.15) is 0 Å². The topological polar surface area (TPSA) is 38.7 Å². The number of aliphatic hydroxyl groups excluding tert-OH is 1. The number of rotatable bonds is 3. The molecule has 0 spiro atoms. The lowest BCUT2D eigenvalue weighted by Crippen LogP contribution is -2.28. The van der Waals surface area contributed by atoms with E-state index in [-0.39, 0.29) is 6.10 Å². The van der Waals surface area contributed by atoms with Gasteiger partial charge < -0.3 is 14.6 Å². The van der Waals surface area contributed by atoms with Crippen molar-refractivity contribution in [2.45, 2.75) is 18.3 Å². The average molecular weight is 218 g/mol. The second-order valence-electron chi connectivity index (χ2n) is 3.74. The molecule has 0 aromatic heterocycles. The predicted molar refractivity (Wildman–Crippen MR) is 59.7 cm³/mol. The van der Waals surface area contributed by atoms with Gasteiger partial charge in [0.2, 0.25) is 0 Å². The number of terminal acetylenes is 1. The summed E-state index contributed by atoms with van der Waals surface area (Å²) >= 11 is 0. The summed E-state index contributed by atoms with van der Waals surface area (Å²) in [4.78, 5) is 0. The molecule has 0 amide bonds. The highest BCUT2D eigenvalue weighted by Gasteiger charge is 2.29. The zero-order valence-corrected chi connectivity index (χ0v) is 8.87. The molecule has 0 aliphatic carbocycles. The van der Waals surface area contributed by atoms with Crippen molar-refractivity contribution in [1.82, 2.24) is 0 Å². The minimum Gasteiger partial charge on any atom is -0.388 e. The van der Waals surface area contributed by atoms with Crippen LogP contribution in [-0.4, -0.2) is 30.5 Å². The molecule has 0 unspecified atom stereocenters. The van der Waals surface area contributed by atoms with Crippen molar-refractivity contribution < 1.29 is 14.6 Å². The Labute approximate surface area is 95.0 Å². The van der Waals surface area contributed by atoms with Crippen LogP contribution in [0.3, 0.4) is 0 Å². The van der Waals surface area contributed by atoms with Gasteiger partial charge in [-0.1, -0.05) is 36.3 Å². The van der Waals surface area contributed by atoms with Crippen LogP contribution >= 0.6 is 0 Å². The van der Waals surface area contributed by atoms with Crippen LogP contribution < -0.4 is 0 Å². The largest absolute Gasteiger partial charge is 0.388 e. The lowest BCUT2D eigenvalue weighted by molar-refractivity contribution is -0.0349. The molecule has 1 aromatic rings. The van der Waals surface area contributed by atoms with Gasteiger partial charge in [0.1, 0.15) is 18.3 Å². The van der Waals surface area contributed by atoms with Crippen LogP contribution in [0.5, 0.6) is 0 Å². The summed E-state index contributed by atoms with van der Waals surface area (Å²) in [6, 6.07) is 9.55. The first kappa shape index (κ1) is 11.2. The van der Waals surface area contributed by atoms with Gasteiger partial charge in [-0.05, 0) is 5.56 Å². The summed E-state index contributed by atoms with van der Waals surface area (Å²) in [7, 11) is 0. The number of ether oxygens (including phenoxy) is 2. The fourth-order valence-electron chi connectivity index (χ4n) is 1.67. The Morgan fingerprint density at radius 3 is 2.69 bits per heavy atom. The molecule has 1 aliphatic heterocycles. The van der Waals surface area contributed by atoms with E-state index in [0.717, 1.165) is 5.56 Å². The monoisotopic (exact) mass is 218 g/mol. The van der Waals surface area contributed by atoms with E-state index >= 15 is 0 Å². The number of hydrogen-bond donors (Lipinski definition) is 1.